The number of amides is 1. The van der Waals surface area contributed by atoms with Crippen molar-refractivity contribution in [2.24, 2.45) is 0 Å². The molecule has 32 heavy (non-hydrogen) atoms. The topological polar surface area (TPSA) is 84.6 Å². The summed E-state index contributed by atoms with van der Waals surface area (Å²) in [6.07, 6.45) is 3.43. The number of rotatable bonds is 7. The maximum atomic E-state index is 12.9. The molecule has 0 radical (unpaired) electrons. The van der Waals surface area contributed by atoms with Crippen LogP contribution in [0.2, 0.25) is 8.67 Å². The summed E-state index contributed by atoms with van der Waals surface area (Å²) in [6.45, 7) is 5.16. The Bertz CT molecular complexity index is 1110. The molecular weight excluding hydrogens is 469 g/mol. The zero-order valence-corrected chi connectivity index (χ0v) is 20.1. The number of hydrogen-bond donors (Lipinski definition) is 1. The number of ether oxygens (including phenoxy) is 1. The molecule has 0 saturated carbocycles. The fourth-order valence-electron chi connectivity index (χ4n) is 4.10. The first-order chi connectivity index (χ1) is 15.4. The number of piperazine rings is 1. The highest BCUT2D eigenvalue weighted by Crippen LogP contribution is 2.37. The van der Waals surface area contributed by atoms with Crippen LogP contribution in [0.4, 0.5) is 5.82 Å². The predicted molar refractivity (Wildman–Crippen MR) is 129 cm³/mol. The summed E-state index contributed by atoms with van der Waals surface area (Å²) in [4.78, 5) is 25.6. The van der Waals surface area contributed by atoms with Gasteiger partial charge in [0.2, 0.25) is 0 Å². The number of benzene rings is 1. The standard InChI is InChI=1S/C22H25Cl2N5O2S/c1-2-3-15-11-28(10-14-4-5-16-17(8-14)26-13-27-22(16)25)6-7-29(15)20(30)12-31-18-9-19(23)32-21(18)24/h4-5,8-9,13,15H,2-3,6-7,10-12H2,1H3,(H2,25,26,27)/t15-/m0/s1. The van der Waals surface area contributed by atoms with Gasteiger partial charge in [0.15, 0.2) is 12.4 Å². The number of aromatic nitrogens is 2. The van der Waals surface area contributed by atoms with Crippen LogP contribution < -0.4 is 10.5 Å². The summed E-state index contributed by atoms with van der Waals surface area (Å²) < 4.78 is 6.64. The van der Waals surface area contributed by atoms with Crippen molar-refractivity contribution in [2.75, 3.05) is 32.0 Å². The molecule has 4 rings (SSSR count). The number of carbonyl (C=O) groups is 1. The molecule has 1 amide bonds. The van der Waals surface area contributed by atoms with Gasteiger partial charge in [-0.1, -0.05) is 42.6 Å². The van der Waals surface area contributed by atoms with E-state index in [1.165, 1.54) is 17.7 Å². The minimum Gasteiger partial charge on any atom is -0.481 e. The minimum absolute atomic E-state index is 0.0284. The normalized spacial score (nSPS) is 17.1. The Morgan fingerprint density at radius 2 is 2.12 bits per heavy atom. The minimum atomic E-state index is -0.0429. The summed E-state index contributed by atoms with van der Waals surface area (Å²) in [6, 6.07) is 7.89. The average molecular weight is 494 g/mol. The van der Waals surface area contributed by atoms with Gasteiger partial charge in [-0.3, -0.25) is 9.69 Å². The van der Waals surface area contributed by atoms with Crippen LogP contribution in [-0.4, -0.2) is 58.0 Å². The molecule has 3 heterocycles. The molecule has 1 atom stereocenters. The van der Waals surface area contributed by atoms with E-state index in [-0.39, 0.29) is 18.6 Å². The van der Waals surface area contributed by atoms with Gasteiger partial charge in [-0.25, -0.2) is 9.97 Å². The summed E-state index contributed by atoms with van der Waals surface area (Å²) >= 11 is 13.3. The molecule has 1 aliphatic heterocycles. The highest BCUT2D eigenvalue weighted by atomic mass is 35.5. The Morgan fingerprint density at radius 3 is 2.88 bits per heavy atom. The Morgan fingerprint density at radius 1 is 1.28 bits per heavy atom. The van der Waals surface area contributed by atoms with Crippen molar-refractivity contribution in [1.82, 2.24) is 19.8 Å². The van der Waals surface area contributed by atoms with Gasteiger partial charge in [0.05, 0.1) is 9.85 Å². The van der Waals surface area contributed by atoms with Gasteiger partial charge in [-0.2, -0.15) is 0 Å². The zero-order chi connectivity index (χ0) is 22.7. The second-order valence-corrected chi connectivity index (χ2v) is 10.1. The molecule has 2 aromatic heterocycles. The lowest BCUT2D eigenvalue weighted by molar-refractivity contribution is -0.138. The van der Waals surface area contributed by atoms with Gasteiger partial charge in [-0.05, 0) is 24.1 Å². The molecule has 2 N–H and O–H groups in total. The summed E-state index contributed by atoms with van der Waals surface area (Å²) in [5.41, 5.74) is 7.94. The van der Waals surface area contributed by atoms with E-state index in [0.29, 0.717) is 26.8 Å². The van der Waals surface area contributed by atoms with E-state index in [1.54, 1.807) is 6.07 Å². The van der Waals surface area contributed by atoms with Crippen molar-refractivity contribution < 1.29 is 9.53 Å². The molecule has 0 unspecified atom stereocenters. The molecule has 0 aliphatic carbocycles. The molecule has 170 valence electrons. The second kappa shape index (κ2) is 10.2. The molecule has 1 aromatic carbocycles. The van der Waals surface area contributed by atoms with Crippen LogP contribution >= 0.6 is 34.5 Å². The fraction of sp³-hybridized carbons (Fsp3) is 0.409. The summed E-state index contributed by atoms with van der Waals surface area (Å²) in [5, 5.41) is 0.863. The lowest BCUT2D eigenvalue weighted by atomic mass is 10.1. The van der Waals surface area contributed by atoms with Gasteiger partial charge in [0.1, 0.15) is 16.5 Å². The zero-order valence-electron chi connectivity index (χ0n) is 17.8. The third-order valence-electron chi connectivity index (χ3n) is 5.62. The molecule has 0 bridgehead atoms. The average Bonchev–Trinajstić information content (AvgIpc) is 3.09. The molecule has 0 spiro atoms. The van der Waals surface area contributed by atoms with E-state index in [2.05, 4.69) is 33.9 Å². The molecule has 1 fully saturated rings. The Labute approximate surface area is 201 Å². The highest BCUT2D eigenvalue weighted by molar-refractivity contribution is 7.20. The molecule has 3 aromatic rings. The molecular formula is C22H25Cl2N5O2S. The van der Waals surface area contributed by atoms with E-state index >= 15 is 0 Å². The molecule has 7 nitrogen and oxygen atoms in total. The van der Waals surface area contributed by atoms with Crippen molar-refractivity contribution >= 4 is 57.2 Å². The maximum absolute atomic E-state index is 12.9. The van der Waals surface area contributed by atoms with E-state index < -0.39 is 0 Å². The van der Waals surface area contributed by atoms with E-state index in [1.807, 2.05) is 11.0 Å². The van der Waals surface area contributed by atoms with Crippen LogP contribution in [0.25, 0.3) is 10.9 Å². The number of nitrogens with two attached hydrogens (primary N) is 1. The first-order valence-corrected chi connectivity index (χ1v) is 12.1. The number of carbonyl (C=O) groups excluding carboxylic acids is 1. The number of halogens is 2. The Hall–Kier alpha value is -2.13. The summed E-state index contributed by atoms with van der Waals surface area (Å²) in [5.74, 6) is 0.922. The van der Waals surface area contributed by atoms with E-state index in [9.17, 15) is 4.79 Å². The van der Waals surface area contributed by atoms with Crippen molar-refractivity contribution in [1.29, 1.82) is 0 Å². The van der Waals surface area contributed by atoms with Gasteiger partial charge < -0.3 is 15.4 Å². The van der Waals surface area contributed by atoms with Crippen molar-refractivity contribution in [2.45, 2.75) is 32.4 Å². The van der Waals surface area contributed by atoms with E-state index in [4.69, 9.17) is 33.7 Å². The van der Waals surface area contributed by atoms with Crippen LogP contribution in [0.15, 0.2) is 30.6 Å². The van der Waals surface area contributed by atoms with Crippen LogP contribution in [-0.2, 0) is 11.3 Å². The first kappa shape index (κ1) is 23.0. The van der Waals surface area contributed by atoms with Gasteiger partial charge in [0, 0.05) is 43.7 Å². The monoisotopic (exact) mass is 493 g/mol. The van der Waals surface area contributed by atoms with Crippen molar-refractivity contribution in [3.63, 3.8) is 0 Å². The number of nitrogen functional groups attached to an aromatic ring is 1. The quantitative estimate of drug-likeness (QED) is 0.522. The fourth-order valence-corrected chi connectivity index (χ4v) is 5.46. The number of nitrogens with zero attached hydrogens (tertiary/aromatic N) is 4. The van der Waals surface area contributed by atoms with Crippen LogP contribution in [0.3, 0.4) is 0 Å². The number of thiophene rings is 1. The summed E-state index contributed by atoms with van der Waals surface area (Å²) in [7, 11) is 0. The van der Waals surface area contributed by atoms with E-state index in [0.717, 1.165) is 48.9 Å². The lowest BCUT2D eigenvalue weighted by Gasteiger charge is -2.41. The number of fused-ring (bicyclic) bond motifs is 1. The van der Waals surface area contributed by atoms with Gasteiger partial charge >= 0.3 is 0 Å². The lowest BCUT2D eigenvalue weighted by Crippen LogP contribution is -2.55. The second-order valence-electron chi connectivity index (χ2n) is 7.85. The largest absolute Gasteiger partial charge is 0.481 e. The van der Waals surface area contributed by atoms with Crippen molar-refractivity contribution in [3.8, 4) is 5.75 Å². The maximum Gasteiger partial charge on any atom is 0.260 e. The SMILES string of the molecule is CCC[C@H]1CN(Cc2ccc3c(N)ncnc3c2)CCN1C(=O)COc1cc(Cl)sc1Cl. The predicted octanol–water partition coefficient (Wildman–Crippen LogP) is 4.47. The third kappa shape index (κ3) is 5.26. The Kier molecular flexibility index (Phi) is 7.35. The van der Waals surface area contributed by atoms with Crippen LogP contribution in [0, 0.1) is 0 Å². The smallest absolute Gasteiger partial charge is 0.260 e. The van der Waals surface area contributed by atoms with Crippen molar-refractivity contribution in [3.05, 3.63) is 44.8 Å². The van der Waals surface area contributed by atoms with Gasteiger partial charge in [-0.15, -0.1) is 11.3 Å². The number of anilines is 1. The third-order valence-corrected chi connectivity index (χ3v) is 7.08. The molecule has 1 saturated heterocycles. The Balaban J connectivity index is 1.39. The molecule has 1 aliphatic rings. The highest BCUT2D eigenvalue weighted by Gasteiger charge is 2.30. The molecule has 10 heteroatoms. The van der Waals surface area contributed by atoms with Crippen LogP contribution in [0.5, 0.6) is 5.75 Å². The van der Waals surface area contributed by atoms with Crippen LogP contribution in [0.1, 0.15) is 25.3 Å². The first-order valence-electron chi connectivity index (χ1n) is 10.5. The van der Waals surface area contributed by atoms with Gasteiger partial charge in [0.25, 0.3) is 5.91 Å². The number of hydrogen-bond acceptors (Lipinski definition) is 7.